The molecule has 0 amide bonds. The minimum atomic E-state index is 0. The van der Waals surface area contributed by atoms with Crippen molar-refractivity contribution >= 4 is 0 Å². The summed E-state index contributed by atoms with van der Waals surface area (Å²) in [6.45, 7) is 11.0. The van der Waals surface area contributed by atoms with E-state index in [2.05, 4.69) is 25.7 Å². The summed E-state index contributed by atoms with van der Waals surface area (Å²) >= 11 is 0. The number of hydrogen-bond donors (Lipinski definition) is 1. The van der Waals surface area contributed by atoms with Gasteiger partial charge in [-0.25, -0.2) is 0 Å². The lowest BCUT2D eigenvalue weighted by Gasteiger charge is -2.42. The first-order chi connectivity index (χ1) is 9.26. The SMILES string of the molecule is CCCCCC1(CCCCC)CCN(CCC)CC1.N. The molecule has 1 rings (SSSR count). The van der Waals surface area contributed by atoms with Gasteiger partial charge in [-0.05, 0) is 57.2 Å². The molecule has 0 aromatic rings. The van der Waals surface area contributed by atoms with Gasteiger partial charge < -0.3 is 11.1 Å². The van der Waals surface area contributed by atoms with Crippen molar-refractivity contribution in [1.29, 1.82) is 0 Å². The molecular formula is C18H40N2. The number of unbranched alkanes of at least 4 members (excludes halogenated alkanes) is 4. The number of piperidine rings is 1. The van der Waals surface area contributed by atoms with E-state index >= 15 is 0 Å². The van der Waals surface area contributed by atoms with E-state index in [9.17, 15) is 0 Å². The minimum Gasteiger partial charge on any atom is -0.344 e. The summed E-state index contributed by atoms with van der Waals surface area (Å²) in [5.74, 6) is 0. The van der Waals surface area contributed by atoms with Crippen LogP contribution < -0.4 is 6.15 Å². The van der Waals surface area contributed by atoms with Crippen LogP contribution in [0.1, 0.15) is 91.4 Å². The van der Waals surface area contributed by atoms with Gasteiger partial charge in [0.05, 0.1) is 0 Å². The zero-order valence-electron chi connectivity index (χ0n) is 14.6. The fraction of sp³-hybridized carbons (Fsp3) is 1.00. The Morgan fingerprint density at radius 3 is 1.65 bits per heavy atom. The van der Waals surface area contributed by atoms with Crippen molar-refractivity contribution in [3.63, 3.8) is 0 Å². The van der Waals surface area contributed by atoms with Gasteiger partial charge in [-0.1, -0.05) is 59.3 Å². The van der Waals surface area contributed by atoms with Crippen molar-refractivity contribution in [1.82, 2.24) is 11.1 Å². The molecule has 1 saturated heterocycles. The average Bonchev–Trinajstić information content (AvgIpc) is 2.42. The van der Waals surface area contributed by atoms with E-state index in [1.165, 1.54) is 90.3 Å². The van der Waals surface area contributed by atoms with Gasteiger partial charge in [-0.2, -0.15) is 0 Å². The molecule has 122 valence electrons. The van der Waals surface area contributed by atoms with Gasteiger partial charge in [0, 0.05) is 0 Å². The van der Waals surface area contributed by atoms with Crippen molar-refractivity contribution in [3.05, 3.63) is 0 Å². The fourth-order valence-electron chi connectivity index (χ4n) is 3.69. The van der Waals surface area contributed by atoms with Crippen LogP contribution in [0.2, 0.25) is 0 Å². The number of nitrogens with zero attached hydrogens (tertiary/aromatic N) is 1. The Balaban J connectivity index is 0.00000361. The lowest BCUT2D eigenvalue weighted by atomic mass is 9.71. The highest BCUT2D eigenvalue weighted by Crippen LogP contribution is 2.41. The van der Waals surface area contributed by atoms with Crippen LogP contribution in [0.15, 0.2) is 0 Å². The van der Waals surface area contributed by atoms with E-state index in [1.807, 2.05) is 0 Å². The molecule has 2 nitrogen and oxygen atoms in total. The molecule has 1 heterocycles. The second-order valence-corrected chi connectivity index (χ2v) is 6.76. The third-order valence-corrected chi connectivity index (χ3v) is 5.08. The molecule has 0 radical (unpaired) electrons. The maximum absolute atomic E-state index is 2.69. The summed E-state index contributed by atoms with van der Waals surface area (Å²) in [6.07, 6.45) is 15.8. The minimum absolute atomic E-state index is 0. The maximum Gasteiger partial charge on any atom is -0.00134 e. The van der Waals surface area contributed by atoms with Gasteiger partial charge in [0.1, 0.15) is 0 Å². The molecule has 1 aliphatic rings. The maximum atomic E-state index is 2.69. The van der Waals surface area contributed by atoms with E-state index in [0.717, 1.165) is 0 Å². The Labute approximate surface area is 128 Å². The van der Waals surface area contributed by atoms with E-state index in [-0.39, 0.29) is 6.15 Å². The Bertz CT molecular complexity index is 195. The Kier molecular flexibility index (Phi) is 11.5. The van der Waals surface area contributed by atoms with E-state index in [1.54, 1.807) is 0 Å². The van der Waals surface area contributed by atoms with Crippen LogP contribution in [0.3, 0.4) is 0 Å². The molecule has 2 heteroatoms. The van der Waals surface area contributed by atoms with Crippen LogP contribution in [-0.4, -0.2) is 24.5 Å². The molecule has 0 bridgehead atoms. The van der Waals surface area contributed by atoms with E-state index < -0.39 is 0 Å². The van der Waals surface area contributed by atoms with Crippen LogP contribution in [0.5, 0.6) is 0 Å². The highest BCUT2D eigenvalue weighted by Gasteiger charge is 2.32. The summed E-state index contributed by atoms with van der Waals surface area (Å²) in [5.41, 5.74) is 0.717. The summed E-state index contributed by atoms with van der Waals surface area (Å²) in [4.78, 5) is 2.69. The molecule has 0 saturated carbocycles. The topological polar surface area (TPSA) is 38.2 Å². The third-order valence-electron chi connectivity index (χ3n) is 5.08. The van der Waals surface area contributed by atoms with Crippen LogP contribution in [-0.2, 0) is 0 Å². The molecule has 0 aromatic heterocycles. The zero-order valence-corrected chi connectivity index (χ0v) is 14.6. The average molecular weight is 285 g/mol. The van der Waals surface area contributed by atoms with Gasteiger partial charge in [0.2, 0.25) is 0 Å². The van der Waals surface area contributed by atoms with Gasteiger partial charge in [-0.3, -0.25) is 0 Å². The number of hydrogen-bond acceptors (Lipinski definition) is 2. The molecular weight excluding hydrogens is 244 g/mol. The first kappa shape index (κ1) is 19.9. The highest BCUT2D eigenvalue weighted by atomic mass is 15.1. The van der Waals surface area contributed by atoms with Crippen molar-refractivity contribution < 1.29 is 0 Å². The van der Waals surface area contributed by atoms with Gasteiger partial charge in [0.15, 0.2) is 0 Å². The molecule has 0 atom stereocenters. The number of rotatable bonds is 10. The largest absolute Gasteiger partial charge is 0.344 e. The highest BCUT2D eigenvalue weighted by molar-refractivity contribution is 4.86. The monoisotopic (exact) mass is 284 g/mol. The Morgan fingerprint density at radius 2 is 1.25 bits per heavy atom. The molecule has 1 fully saturated rings. The molecule has 0 aromatic carbocycles. The first-order valence-corrected chi connectivity index (χ1v) is 8.98. The summed E-state index contributed by atoms with van der Waals surface area (Å²) < 4.78 is 0. The number of likely N-dealkylation sites (tertiary alicyclic amines) is 1. The lowest BCUT2D eigenvalue weighted by Crippen LogP contribution is -2.40. The second kappa shape index (κ2) is 11.6. The molecule has 20 heavy (non-hydrogen) atoms. The first-order valence-electron chi connectivity index (χ1n) is 8.98. The standard InChI is InChI=1S/C18H37N.H3N/c1-4-7-9-11-18(12-10-8-5-2)13-16-19(15-6-3)17-14-18;/h4-17H2,1-3H3;1H3. The van der Waals surface area contributed by atoms with Crippen molar-refractivity contribution in [2.45, 2.75) is 91.4 Å². The van der Waals surface area contributed by atoms with E-state index in [4.69, 9.17) is 0 Å². The van der Waals surface area contributed by atoms with Gasteiger partial charge >= 0.3 is 0 Å². The van der Waals surface area contributed by atoms with Crippen molar-refractivity contribution in [3.8, 4) is 0 Å². The molecule has 1 aliphatic heterocycles. The third kappa shape index (κ3) is 7.08. The Morgan fingerprint density at radius 1 is 0.750 bits per heavy atom. The molecule has 0 unspecified atom stereocenters. The van der Waals surface area contributed by atoms with Gasteiger partial charge in [0.25, 0.3) is 0 Å². The smallest absolute Gasteiger partial charge is 0.00134 e. The summed E-state index contributed by atoms with van der Waals surface area (Å²) in [6, 6.07) is 0. The Hall–Kier alpha value is -0.0800. The summed E-state index contributed by atoms with van der Waals surface area (Å²) in [7, 11) is 0. The van der Waals surface area contributed by atoms with Crippen molar-refractivity contribution in [2.75, 3.05) is 19.6 Å². The van der Waals surface area contributed by atoms with Crippen LogP contribution >= 0.6 is 0 Å². The van der Waals surface area contributed by atoms with E-state index in [0.29, 0.717) is 5.41 Å². The predicted octanol–water partition coefficient (Wildman–Crippen LogP) is 5.80. The van der Waals surface area contributed by atoms with Gasteiger partial charge in [-0.15, -0.1) is 0 Å². The normalized spacial score (nSPS) is 18.8. The molecule has 0 aliphatic carbocycles. The van der Waals surface area contributed by atoms with Crippen LogP contribution in [0.25, 0.3) is 0 Å². The van der Waals surface area contributed by atoms with Crippen LogP contribution in [0.4, 0.5) is 0 Å². The lowest BCUT2D eigenvalue weighted by molar-refractivity contribution is 0.0817. The van der Waals surface area contributed by atoms with Crippen LogP contribution in [0, 0.1) is 5.41 Å². The molecule has 0 spiro atoms. The predicted molar refractivity (Wildman–Crippen MR) is 91.7 cm³/mol. The van der Waals surface area contributed by atoms with Crippen molar-refractivity contribution in [2.24, 2.45) is 5.41 Å². The zero-order chi connectivity index (χ0) is 14.0. The summed E-state index contributed by atoms with van der Waals surface area (Å²) in [5, 5.41) is 0. The fourth-order valence-corrected chi connectivity index (χ4v) is 3.69. The quantitative estimate of drug-likeness (QED) is 0.515. The second-order valence-electron chi connectivity index (χ2n) is 6.76. The molecule has 3 N–H and O–H groups in total.